The van der Waals surface area contributed by atoms with Crippen molar-refractivity contribution in [2.24, 2.45) is 5.73 Å². The molecule has 0 spiro atoms. The molecule has 0 amide bonds. The molecular formula is C9H19NO4S. The first-order chi connectivity index (χ1) is 6.97. The molecule has 1 heterocycles. The molecule has 5 nitrogen and oxygen atoms in total. The van der Waals surface area contributed by atoms with E-state index in [1.54, 1.807) is 0 Å². The van der Waals surface area contributed by atoms with Gasteiger partial charge in [0.05, 0.1) is 31.7 Å². The second-order valence-electron chi connectivity index (χ2n) is 4.00. The number of sulfone groups is 1. The van der Waals surface area contributed by atoms with Crippen LogP contribution in [0.15, 0.2) is 0 Å². The number of hydrogen-bond acceptors (Lipinski definition) is 5. The predicted molar refractivity (Wildman–Crippen MR) is 57.5 cm³/mol. The van der Waals surface area contributed by atoms with Gasteiger partial charge in [0.1, 0.15) is 9.84 Å². The van der Waals surface area contributed by atoms with E-state index in [9.17, 15) is 8.42 Å². The standard InChI is InChI=1S/C9H19NO4S/c1-15(11,12)5-4-13-7-9-3-2-8(10)6-14-9/h8-9H,2-7,10H2,1H3. The second kappa shape index (κ2) is 5.79. The van der Waals surface area contributed by atoms with Gasteiger partial charge in [-0.15, -0.1) is 0 Å². The Hall–Kier alpha value is -0.170. The fraction of sp³-hybridized carbons (Fsp3) is 1.00. The summed E-state index contributed by atoms with van der Waals surface area (Å²) < 4.78 is 32.3. The van der Waals surface area contributed by atoms with Crippen molar-refractivity contribution in [2.45, 2.75) is 25.0 Å². The molecule has 2 atom stereocenters. The maximum Gasteiger partial charge on any atom is 0.149 e. The Morgan fingerprint density at radius 1 is 1.47 bits per heavy atom. The average molecular weight is 237 g/mol. The van der Waals surface area contributed by atoms with E-state index in [-0.39, 0.29) is 24.5 Å². The summed E-state index contributed by atoms with van der Waals surface area (Å²) in [6.07, 6.45) is 3.11. The van der Waals surface area contributed by atoms with Crippen LogP contribution in [0.3, 0.4) is 0 Å². The van der Waals surface area contributed by atoms with Crippen molar-refractivity contribution in [1.29, 1.82) is 0 Å². The molecule has 0 aromatic rings. The monoisotopic (exact) mass is 237 g/mol. The maximum absolute atomic E-state index is 10.8. The molecule has 90 valence electrons. The van der Waals surface area contributed by atoms with Gasteiger partial charge in [0.25, 0.3) is 0 Å². The van der Waals surface area contributed by atoms with E-state index < -0.39 is 9.84 Å². The van der Waals surface area contributed by atoms with Gasteiger partial charge in [0.15, 0.2) is 0 Å². The van der Waals surface area contributed by atoms with Gasteiger partial charge in [-0.1, -0.05) is 0 Å². The Morgan fingerprint density at radius 2 is 2.20 bits per heavy atom. The topological polar surface area (TPSA) is 78.6 Å². The van der Waals surface area contributed by atoms with E-state index in [1.165, 1.54) is 6.26 Å². The van der Waals surface area contributed by atoms with Crippen LogP contribution in [-0.4, -0.2) is 52.4 Å². The zero-order chi connectivity index (χ0) is 11.3. The fourth-order valence-corrected chi connectivity index (χ4v) is 1.80. The maximum atomic E-state index is 10.8. The lowest BCUT2D eigenvalue weighted by Gasteiger charge is -2.26. The largest absolute Gasteiger partial charge is 0.378 e. The molecule has 0 aromatic carbocycles. The van der Waals surface area contributed by atoms with Gasteiger partial charge in [0.2, 0.25) is 0 Å². The van der Waals surface area contributed by atoms with Gasteiger partial charge < -0.3 is 15.2 Å². The zero-order valence-corrected chi connectivity index (χ0v) is 9.83. The molecule has 2 N–H and O–H groups in total. The van der Waals surface area contributed by atoms with Crippen molar-refractivity contribution in [3.8, 4) is 0 Å². The third-order valence-corrected chi connectivity index (χ3v) is 3.22. The summed E-state index contributed by atoms with van der Waals surface area (Å²) in [6.45, 7) is 1.27. The number of hydrogen-bond donors (Lipinski definition) is 1. The lowest BCUT2D eigenvalue weighted by Crippen LogP contribution is -2.37. The Kier molecular flexibility index (Phi) is 4.98. The quantitative estimate of drug-likeness (QED) is 0.655. The first-order valence-electron chi connectivity index (χ1n) is 5.10. The fourth-order valence-electron chi connectivity index (χ4n) is 1.38. The highest BCUT2D eigenvalue weighted by molar-refractivity contribution is 7.90. The van der Waals surface area contributed by atoms with Gasteiger partial charge in [-0.05, 0) is 12.8 Å². The van der Waals surface area contributed by atoms with Crippen molar-refractivity contribution in [3.63, 3.8) is 0 Å². The molecule has 1 aliphatic heterocycles. The van der Waals surface area contributed by atoms with Crippen LogP contribution < -0.4 is 5.73 Å². The Bertz CT molecular complexity index is 270. The normalized spacial score (nSPS) is 27.9. The van der Waals surface area contributed by atoms with E-state index in [0.717, 1.165) is 12.8 Å². The van der Waals surface area contributed by atoms with Gasteiger partial charge in [-0.3, -0.25) is 0 Å². The van der Waals surface area contributed by atoms with Crippen LogP contribution >= 0.6 is 0 Å². The summed E-state index contributed by atoms with van der Waals surface area (Å²) in [7, 11) is -2.92. The van der Waals surface area contributed by atoms with Crippen LogP contribution in [0.4, 0.5) is 0 Å². The summed E-state index contributed by atoms with van der Waals surface area (Å²) >= 11 is 0. The van der Waals surface area contributed by atoms with Gasteiger partial charge >= 0.3 is 0 Å². The minimum Gasteiger partial charge on any atom is -0.378 e. The summed E-state index contributed by atoms with van der Waals surface area (Å²) in [4.78, 5) is 0. The predicted octanol–water partition coefficient (Wildman–Crippen LogP) is -0.446. The summed E-state index contributed by atoms with van der Waals surface area (Å²) in [5.74, 6) is 0.0687. The van der Waals surface area contributed by atoms with Crippen molar-refractivity contribution in [3.05, 3.63) is 0 Å². The minimum absolute atomic E-state index is 0.0687. The van der Waals surface area contributed by atoms with E-state index in [4.69, 9.17) is 15.2 Å². The average Bonchev–Trinajstić information content (AvgIpc) is 2.14. The first kappa shape index (κ1) is 12.9. The number of nitrogens with two attached hydrogens (primary N) is 1. The second-order valence-corrected chi connectivity index (χ2v) is 6.26. The van der Waals surface area contributed by atoms with E-state index in [2.05, 4.69) is 0 Å². The van der Waals surface area contributed by atoms with Crippen LogP contribution in [-0.2, 0) is 19.3 Å². The molecule has 15 heavy (non-hydrogen) atoms. The lowest BCUT2D eigenvalue weighted by atomic mass is 10.1. The third-order valence-electron chi connectivity index (χ3n) is 2.31. The molecule has 0 saturated carbocycles. The zero-order valence-electron chi connectivity index (χ0n) is 9.02. The molecule has 0 aliphatic carbocycles. The highest BCUT2D eigenvalue weighted by Gasteiger charge is 2.18. The Morgan fingerprint density at radius 3 is 2.73 bits per heavy atom. The molecule has 0 radical (unpaired) electrons. The summed E-state index contributed by atoms with van der Waals surface area (Å²) in [6, 6.07) is 0.136. The smallest absolute Gasteiger partial charge is 0.149 e. The van der Waals surface area contributed by atoms with E-state index >= 15 is 0 Å². The summed E-state index contributed by atoms with van der Waals surface area (Å²) in [5, 5.41) is 0. The van der Waals surface area contributed by atoms with Crippen molar-refractivity contribution in [1.82, 2.24) is 0 Å². The van der Waals surface area contributed by atoms with Gasteiger partial charge in [0, 0.05) is 12.3 Å². The highest BCUT2D eigenvalue weighted by atomic mass is 32.2. The van der Waals surface area contributed by atoms with Crippen LogP contribution in [0.1, 0.15) is 12.8 Å². The third kappa shape index (κ3) is 6.09. The molecule has 0 bridgehead atoms. The molecule has 2 unspecified atom stereocenters. The molecule has 1 rings (SSSR count). The van der Waals surface area contributed by atoms with E-state index in [1.807, 2.05) is 0 Å². The Balaban J connectivity index is 2.06. The lowest BCUT2D eigenvalue weighted by molar-refractivity contribution is -0.0444. The van der Waals surface area contributed by atoms with Crippen molar-refractivity contribution >= 4 is 9.84 Å². The van der Waals surface area contributed by atoms with Crippen molar-refractivity contribution < 1.29 is 17.9 Å². The SMILES string of the molecule is CS(=O)(=O)CCOCC1CCC(N)CO1. The van der Waals surface area contributed by atoms with E-state index in [0.29, 0.717) is 13.2 Å². The number of ether oxygens (including phenoxy) is 2. The van der Waals surface area contributed by atoms with Crippen molar-refractivity contribution in [2.75, 3.05) is 31.8 Å². The molecule has 1 fully saturated rings. The van der Waals surface area contributed by atoms with Crippen LogP contribution in [0.5, 0.6) is 0 Å². The summed E-state index contributed by atoms with van der Waals surface area (Å²) in [5.41, 5.74) is 5.66. The van der Waals surface area contributed by atoms with Gasteiger partial charge in [-0.25, -0.2) is 8.42 Å². The number of rotatable bonds is 5. The molecule has 1 aliphatic rings. The molecule has 1 saturated heterocycles. The molecular weight excluding hydrogens is 218 g/mol. The molecule has 6 heteroatoms. The molecule has 0 aromatic heterocycles. The van der Waals surface area contributed by atoms with Crippen LogP contribution in [0, 0.1) is 0 Å². The van der Waals surface area contributed by atoms with Gasteiger partial charge in [-0.2, -0.15) is 0 Å². The van der Waals surface area contributed by atoms with Crippen LogP contribution in [0.25, 0.3) is 0 Å². The minimum atomic E-state index is -2.92. The van der Waals surface area contributed by atoms with Crippen LogP contribution in [0.2, 0.25) is 0 Å². The first-order valence-corrected chi connectivity index (χ1v) is 7.16. The Labute approximate surface area is 90.8 Å². The highest BCUT2D eigenvalue weighted by Crippen LogP contribution is 2.12.